The molecule has 0 bridgehead atoms. The number of nitrogens with zero attached hydrogens (tertiary/aromatic N) is 1. The minimum Gasteiger partial charge on any atom is -0.394 e. The van der Waals surface area contributed by atoms with Gasteiger partial charge in [-0.15, -0.1) is 0 Å². The molecule has 1 unspecified atom stereocenters. The van der Waals surface area contributed by atoms with Gasteiger partial charge in [0.2, 0.25) is 0 Å². The second-order valence-corrected chi connectivity index (χ2v) is 12.8. The molecule has 4 nitrogen and oxygen atoms in total. The van der Waals surface area contributed by atoms with Crippen LogP contribution < -0.4 is 0 Å². The fraction of sp³-hybridized carbons (Fsp3) is 0.324. The van der Waals surface area contributed by atoms with Gasteiger partial charge in [0, 0.05) is 18.4 Å². The summed E-state index contributed by atoms with van der Waals surface area (Å²) >= 11 is 0. The third-order valence-electron chi connectivity index (χ3n) is 9.28. The lowest BCUT2D eigenvalue weighted by molar-refractivity contribution is -0.134. The second kappa shape index (κ2) is 10.4. The minimum absolute atomic E-state index is 0.0830. The second-order valence-electron chi connectivity index (χ2n) is 12.8. The molecule has 210 valence electrons. The van der Waals surface area contributed by atoms with Crippen molar-refractivity contribution in [3.63, 3.8) is 0 Å². The number of benzene rings is 4. The lowest BCUT2D eigenvalue weighted by Crippen LogP contribution is -2.57. The van der Waals surface area contributed by atoms with Crippen molar-refractivity contribution in [3.05, 3.63) is 131 Å². The lowest BCUT2D eigenvalue weighted by atomic mass is 9.69. The van der Waals surface area contributed by atoms with Gasteiger partial charge in [-0.1, -0.05) is 131 Å². The molecule has 4 atom stereocenters. The molecule has 0 radical (unpaired) electrons. The number of ketones is 1. The number of aliphatic hydroxyl groups excluding tert-OH is 2. The Balaban J connectivity index is 1.79. The van der Waals surface area contributed by atoms with Gasteiger partial charge >= 0.3 is 0 Å². The summed E-state index contributed by atoms with van der Waals surface area (Å²) in [5.41, 5.74) is 6.66. The molecule has 0 fully saturated rings. The molecule has 4 heteroatoms. The van der Waals surface area contributed by atoms with Crippen LogP contribution in [-0.4, -0.2) is 39.6 Å². The van der Waals surface area contributed by atoms with Crippen LogP contribution in [0.15, 0.2) is 103 Å². The van der Waals surface area contributed by atoms with E-state index in [9.17, 15) is 10.2 Å². The first-order valence-corrected chi connectivity index (χ1v) is 14.6. The van der Waals surface area contributed by atoms with E-state index in [4.69, 9.17) is 0 Å². The van der Waals surface area contributed by atoms with Gasteiger partial charge in [-0.25, -0.2) is 0 Å². The van der Waals surface area contributed by atoms with Crippen LogP contribution in [0, 0.1) is 11.3 Å². The van der Waals surface area contributed by atoms with Crippen LogP contribution in [0.1, 0.15) is 61.4 Å². The van der Waals surface area contributed by atoms with Crippen LogP contribution in [0.5, 0.6) is 0 Å². The summed E-state index contributed by atoms with van der Waals surface area (Å²) in [6.45, 7) is 8.40. The minimum atomic E-state index is -1.05. The van der Waals surface area contributed by atoms with Crippen LogP contribution in [0.25, 0.3) is 11.1 Å². The molecule has 4 aromatic carbocycles. The molecule has 0 saturated heterocycles. The van der Waals surface area contributed by atoms with Gasteiger partial charge in [-0.05, 0) is 44.4 Å². The normalized spacial score (nSPS) is 21.1. The Hall–Kier alpha value is -3.57. The van der Waals surface area contributed by atoms with E-state index in [0.717, 1.165) is 38.9 Å². The van der Waals surface area contributed by atoms with E-state index in [1.165, 1.54) is 0 Å². The van der Waals surface area contributed by atoms with Gasteiger partial charge in [-0.3, -0.25) is 9.69 Å². The highest BCUT2D eigenvalue weighted by Gasteiger charge is 2.58. The maximum absolute atomic E-state index is 15.1. The van der Waals surface area contributed by atoms with Crippen molar-refractivity contribution in [1.82, 2.24) is 4.90 Å². The van der Waals surface area contributed by atoms with Crippen molar-refractivity contribution < 1.29 is 15.0 Å². The Morgan fingerprint density at radius 1 is 0.780 bits per heavy atom. The predicted molar refractivity (Wildman–Crippen MR) is 163 cm³/mol. The molecule has 2 N–H and O–H groups in total. The SMILES string of the molecule is C[C@H]([C@H]1C(=O)C(C(C)(C)C)c2ccccc2C2(c3ccccc3-c3ccccc32)N1Cc1ccccc1)[C@@H](O)CO. The summed E-state index contributed by atoms with van der Waals surface area (Å²) in [5.74, 6) is -0.846. The third-order valence-corrected chi connectivity index (χ3v) is 9.28. The van der Waals surface area contributed by atoms with E-state index >= 15 is 4.79 Å². The molecule has 1 aliphatic heterocycles. The molecule has 6 rings (SSSR count). The molecule has 0 aromatic heterocycles. The summed E-state index contributed by atoms with van der Waals surface area (Å²) in [7, 11) is 0. The summed E-state index contributed by atoms with van der Waals surface area (Å²) in [6, 6.07) is 35.2. The summed E-state index contributed by atoms with van der Waals surface area (Å²) in [6.07, 6.45) is -1.05. The monoisotopic (exact) mass is 545 g/mol. The number of carbonyl (C=O) groups is 1. The summed E-state index contributed by atoms with van der Waals surface area (Å²) in [4.78, 5) is 17.5. The first kappa shape index (κ1) is 27.6. The molecule has 4 aromatic rings. The lowest BCUT2D eigenvalue weighted by Gasteiger charge is -2.48. The average Bonchev–Trinajstić information content (AvgIpc) is 3.22. The van der Waals surface area contributed by atoms with Crippen LogP contribution in [0.2, 0.25) is 0 Å². The maximum atomic E-state index is 15.1. The summed E-state index contributed by atoms with van der Waals surface area (Å²) in [5, 5.41) is 21.3. The molecule has 0 amide bonds. The van der Waals surface area contributed by atoms with E-state index in [1.807, 2.05) is 31.2 Å². The van der Waals surface area contributed by atoms with Crippen LogP contribution in [0.3, 0.4) is 0 Å². The Kier molecular flexibility index (Phi) is 6.97. The van der Waals surface area contributed by atoms with Gasteiger partial charge in [0.1, 0.15) is 0 Å². The van der Waals surface area contributed by atoms with Crippen LogP contribution in [-0.2, 0) is 16.9 Å². The number of rotatable bonds is 5. The highest BCUT2D eigenvalue weighted by Crippen LogP contribution is 2.59. The van der Waals surface area contributed by atoms with E-state index in [-0.39, 0.29) is 11.2 Å². The zero-order valence-electron chi connectivity index (χ0n) is 24.3. The Morgan fingerprint density at radius 2 is 1.29 bits per heavy atom. The molecule has 0 saturated carbocycles. The first-order chi connectivity index (χ1) is 19.7. The number of carbonyl (C=O) groups excluding carboxylic acids is 1. The molecule has 1 spiro atoms. The zero-order valence-corrected chi connectivity index (χ0v) is 24.3. The smallest absolute Gasteiger partial charge is 0.158 e. The van der Waals surface area contributed by atoms with E-state index in [2.05, 4.69) is 105 Å². The van der Waals surface area contributed by atoms with Crippen LogP contribution >= 0.6 is 0 Å². The maximum Gasteiger partial charge on any atom is 0.158 e. The number of hydrogen-bond donors (Lipinski definition) is 2. The molecule has 2 aliphatic rings. The average molecular weight is 546 g/mol. The Morgan fingerprint density at radius 3 is 1.85 bits per heavy atom. The largest absolute Gasteiger partial charge is 0.394 e. The number of fused-ring (bicyclic) bond motifs is 7. The van der Waals surface area contributed by atoms with Crippen molar-refractivity contribution in [2.75, 3.05) is 6.61 Å². The van der Waals surface area contributed by atoms with Crippen molar-refractivity contribution in [2.45, 2.75) is 57.8 Å². The molecule has 41 heavy (non-hydrogen) atoms. The van der Waals surface area contributed by atoms with Gasteiger partial charge in [-0.2, -0.15) is 0 Å². The number of hydrogen-bond acceptors (Lipinski definition) is 4. The van der Waals surface area contributed by atoms with Crippen molar-refractivity contribution in [2.24, 2.45) is 11.3 Å². The highest BCUT2D eigenvalue weighted by molar-refractivity contribution is 5.95. The first-order valence-electron chi connectivity index (χ1n) is 14.6. The third kappa shape index (κ3) is 4.20. The topological polar surface area (TPSA) is 60.8 Å². The van der Waals surface area contributed by atoms with Gasteiger partial charge in [0.05, 0.1) is 24.3 Å². The van der Waals surface area contributed by atoms with Gasteiger partial charge in [0.15, 0.2) is 5.78 Å². The van der Waals surface area contributed by atoms with Gasteiger partial charge < -0.3 is 10.2 Å². The van der Waals surface area contributed by atoms with E-state index in [1.54, 1.807) is 0 Å². The van der Waals surface area contributed by atoms with Crippen molar-refractivity contribution >= 4 is 5.78 Å². The summed E-state index contributed by atoms with van der Waals surface area (Å²) < 4.78 is 0. The fourth-order valence-corrected chi connectivity index (χ4v) is 7.54. The number of aliphatic hydroxyl groups is 2. The van der Waals surface area contributed by atoms with E-state index < -0.39 is 36.1 Å². The Bertz CT molecular complexity index is 1530. The molecule has 1 aliphatic carbocycles. The van der Waals surface area contributed by atoms with Gasteiger partial charge in [0.25, 0.3) is 0 Å². The van der Waals surface area contributed by atoms with Crippen LogP contribution in [0.4, 0.5) is 0 Å². The van der Waals surface area contributed by atoms with E-state index in [0.29, 0.717) is 6.54 Å². The Labute approximate surface area is 243 Å². The standard InChI is InChI=1S/C37H39NO3/c1-24(32(40)23-39)34-35(41)33(36(2,3)4)28-18-10-13-21-31(28)37(38(34)22-25-14-6-5-7-15-25)29-19-11-8-16-26(29)27-17-9-12-20-30(27)37/h5-21,24,32-34,39-40H,22-23H2,1-4H3/t24-,32-,33?,34-/m0/s1. The molecular formula is C37H39NO3. The number of Topliss-reactive ketones (excluding diaryl/α,β-unsaturated/α-hetero) is 1. The molecular weight excluding hydrogens is 506 g/mol. The quantitative estimate of drug-likeness (QED) is 0.299. The molecule has 1 heterocycles. The predicted octanol–water partition coefficient (Wildman–Crippen LogP) is 6.53. The van der Waals surface area contributed by atoms with Crippen molar-refractivity contribution in [3.8, 4) is 11.1 Å². The van der Waals surface area contributed by atoms with Crippen molar-refractivity contribution in [1.29, 1.82) is 0 Å². The fourth-order valence-electron chi connectivity index (χ4n) is 7.54. The zero-order chi connectivity index (χ0) is 28.9. The highest BCUT2D eigenvalue weighted by atomic mass is 16.3.